The number of aliphatic imine (C=N–C) groups is 1. The van der Waals surface area contributed by atoms with Crippen LogP contribution in [0.2, 0.25) is 0 Å². The topological polar surface area (TPSA) is 62.7 Å². The van der Waals surface area contributed by atoms with Crippen molar-refractivity contribution in [3.63, 3.8) is 0 Å². The number of rotatable bonds is 6. The Morgan fingerprint density at radius 2 is 2.29 bits per heavy atom. The quantitative estimate of drug-likeness (QED) is 0.669. The van der Waals surface area contributed by atoms with E-state index >= 15 is 0 Å². The van der Waals surface area contributed by atoms with E-state index in [1.165, 1.54) is 0 Å². The second-order valence-corrected chi connectivity index (χ2v) is 4.80. The van der Waals surface area contributed by atoms with Crippen LogP contribution >= 0.6 is 0 Å². The van der Waals surface area contributed by atoms with Gasteiger partial charge in [0.05, 0.1) is 13.2 Å². The molecule has 0 aromatic heterocycles. The maximum atomic E-state index is 12.1. The van der Waals surface area contributed by atoms with E-state index in [2.05, 4.69) is 22.5 Å². The van der Waals surface area contributed by atoms with Gasteiger partial charge in [0.2, 0.25) is 0 Å². The van der Waals surface area contributed by atoms with Gasteiger partial charge in [-0.25, -0.2) is 0 Å². The van der Waals surface area contributed by atoms with Crippen molar-refractivity contribution in [1.29, 1.82) is 0 Å². The van der Waals surface area contributed by atoms with E-state index in [9.17, 15) is 4.79 Å². The number of hydrogen-bond donors (Lipinski definition) is 2. The van der Waals surface area contributed by atoms with Gasteiger partial charge >= 0.3 is 0 Å². The van der Waals surface area contributed by atoms with Gasteiger partial charge in [0.1, 0.15) is 5.54 Å². The number of nitrogens with one attached hydrogen (secondary N) is 2. The van der Waals surface area contributed by atoms with Crippen LogP contribution in [0.5, 0.6) is 0 Å². The Hall–Kier alpha value is -1.10. The van der Waals surface area contributed by atoms with Gasteiger partial charge in [-0.3, -0.25) is 15.1 Å². The van der Waals surface area contributed by atoms with Gasteiger partial charge in [-0.2, -0.15) is 0 Å². The number of carbonyl (C=O) groups is 1. The molecule has 1 amide bonds. The predicted octanol–water partition coefficient (Wildman–Crippen LogP) is 0.657. The average Bonchev–Trinajstić information content (AvgIpc) is 3.08. The monoisotopic (exact) mass is 239 g/mol. The van der Waals surface area contributed by atoms with Crippen LogP contribution in [0, 0.1) is 5.92 Å². The minimum atomic E-state index is -0.388. The lowest BCUT2D eigenvalue weighted by atomic mass is 9.88. The van der Waals surface area contributed by atoms with E-state index < -0.39 is 0 Å². The number of guanidine groups is 1. The summed E-state index contributed by atoms with van der Waals surface area (Å²) < 4.78 is 4.94. The van der Waals surface area contributed by atoms with E-state index in [-0.39, 0.29) is 11.4 Å². The first kappa shape index (κ1) is 12.4. The van der Waals surface area contributed by atoms with Crippen LogP contribution in [0.1, 0.15) is 32.6 Å². The number of hydrogen-bond acceptors (Lipinski definition) is 3. The first-order chi connectivity index (χ1) is 8.23. The highest BCUT2D eigenvalue weighted by Gasteiger charge is 2.54. The molecule has 1 saturated carbocycles. The molecule has 2 aliphatic rings. The number of carbonyl (C=O) groups excluding carboxylic acids is 1. The maximum Gasteiger partial charge on any atom is 0.252 e. The standard InChI is InChI=1S/C12H21N3O2/c1-3-6-12(9-4-5-9)10(16)14-11(15-12)13-7-8-17-2/h9H,3-8H2,1-2H3,(H2,13,14,15,16). The molecule has 2 N–H and O–H groups in total. The number of nitrogens with zero attached hydrogens (tertiary/aromatic N) is 1. The summed E-state index contributed by atoms with van der Waals surface area (Å²) in [5.41, 5.74) is -0.388. The maximum absolute atomic E-state index is 12.1. The first-order valence-electron chi connectivity index (χ1n) is 6.36. The molecule has 0 aromatic carbocycles. The highest BCUT2D eigenvalue weighted by atomic mass is 16.5. The molecule has 2 rings (SSSR count). The molecule has 5 heteroatoms. The van der Waals surface area contributed by atoms with Crippen molar-refractivity contribution >= 4 is 11.9 Å². The van der Waals surface area contributed by atoms with Crippen LogP contribution in [0.4, 0.5) is 0 Å². The van der Waals surface area contributed by atoms with Crippen molar-refractivity contribution in [2.24, 2.45) is 10.9 Å². The number of amides is 1. The molecular formula is C12H21N3O2. The summed E-state index contributed by atoms with van der Waals surface area (Å²) in [6.45, 7) is 3.26. The highest BCUT2D eigenvalue weighted by Crippen LogP contribution is 2.43. The average molecular weight is 239 g/mol. The summed E-state index contributed by atoms with van der Waals surface area (Å²) in [7, 11) is 1.65. The third-order valence-corrected chi connectivity index (χ3v) is 3.46. The van der Waals surface area contributed by atoms with Gasteiger partial charge < -0.3 is 10.1 Å². The first-order valence-corrected chi connectivity index (χ1v) is 6.36. The summed E-state index contributed by atoms with van der Waals surface area (Å²) >= 11 is 0. The van der Waals surface area contributed by atoms with Gasteiger partial charge in [-0.15, -0.1) is 0 Å². The molecule has 2 fully saturated rings. The zero-order chi connectivity index (χ0) is 12.3. The minimum absolute atomic E-state index is 0.0954. The van der Waals surface area contributed by atoms with Gasteiger partial charge in [-0.1, -0.05) is 13.3 Å². The molecule has 1 heterocycles. The van der Waals surface area contributed by atoms with Gasteiger partial charge in [0.15, 0.2) is 5.96 Å². The second kappa shape index (κ2) is 5.04. The molecule has 0 radical (unpaired) electrons. The lowest BCUT2D eigenvalue weighted by molar-refractivity contribution is -0.125. The van der Waals surface area contributed by atoms with Gasteiger partial charge in [0, 0.05) is 7.11 Å². The Labute approximate surface area is 102 Å². The Morgan fingerprint density at radius 3 is 2.88 bits per heavy atom. The fourth-order valence-electron chi connectivity index (χ4n) is 2.48. The lowest BCUT2D eigenvalue weighted by Crippen LogP contribution is -2.49. The molecule has 5 nitrogen and oxygen atoms in total. The SMILES string of the molecule is CCCC1(C2CC2)NC(=NCCOC)NC1=O. The molecule has 1 atom stereocenters. The number of methoxy groups -OCH3 is 1. The van der Waals surface area contributed by atoms with Crippen LogP contribution in [0.15, 0.2) is 4.99 Å². The lowest BCUT2D eigenvalue weighted by Gasteiger charge is -2.25. The fraction of sp³-hybridized carbons (Fsp3) is 0.833. The van der Waals surface area contributed by atoms with Gasteiger partial charge in [-0.05, 0) is 25.2 Å². The molecule has 17 heavy (non-hydrogen) atoms. The zero-order valence-electron chi connectivity index (χ0n) is 10.6. The normalized spacial score (nSPS) is 30.5. The molecule has 1 saturated heterocycles. The Balaban J connectivity index is 2.03. The van der Waals surface area contributed by atoms with Crippen LogP contribution in [-0.2, 0) is 9.53 Å². The van der Waals surface area contributed by atoms with Crippen LogP contribution < -0.4 is 10.6 Å². The van der Waals surface area contributed by atoms with Crippen molar-refractivity contribution in [1.82, 2.24) is 10.6 Å². The zero-order valence-corrected chi connectivity index (χ0v) is 10.6. The van der Waals surface area contributed by atoms with Crippen molar-refractivity contribution in [2.45, 2.75) is 38.1 Å². The summed E-state index contributed by atoms with van der Waals surface area (Å²) in [6, 6.07) is 0. The molecule has 0 spiro atoms. The van der Waals surface area contributed by atoms with E-state index in [1.807, 2.05) is 0 Å². The molecule has 96 valence electrons. The summed E-state index contributed by atoms with van der Waals surface area (Å²) in [4.78, 5) is 16.4. The summed E-state index contributed by atoms with van der Waals surface area (Å²) in [5.74, 6) is 1.20. The third kappa shape index (κ3) is 2.44. The Morgan fingerprint density at radius 1 is 1.53 bits per heavy atom. The van der Waals surface area contributed by atoms with E-state index in [0.717, 1.165) is 25.7 Å². The van der Waals surface area contributed by atoms with E-state index in [1.54, 1.807) is 7.11 Å². The van der Waals surface area contributed by atoms with Crippen molar-refractivity contribution in [3.05, 3.63) is 0 Å². The predicted molar refractivity (Wildman–Crippen MR) is 65.8 cm³/mol. The van der Waals surface area contributed by atoms with Gasteiger partial charge in [0.25, 0.3) is 5.91 Å². The van der Waals surface area contributed by atoms with Crippen molar-refractivity contribution in [3.8, 4) is 0 Å². The summed E-state index contributed by atoms with van der Waals surface area (Å²) in [5, 5.41) is 6.16. The highest BCUT2D eigenvalue weighted by molar-refractivity contribution is 6.09. The Bertz CT molecular complexity index is 326. The fourth-order valence-corrected chi connectivity index (χ4v) is 2.48. The van der Waals surface area contributed by atoms with Crippen molar-refractivity contribution < 1.29 is 9.53 Å². The third-order valence-electron chi connectivity index (χ3n) is 3.46. The van der Waals surface area contributed by atoms with Crippen LogP contribution in [0.3, 0.4) is 0 Å². The largest absolute Gasteiger partial charge is 0.383 e. The minimum Gasteiger partial charge on any atom is -0.383 e. The summed E-state index contributed by atoms with van der Waals surface area (Å²) in [6.07, 6.45) is 4.17. The smallest absolute Gasteiger partial charge is 0.252 e. The molecular weight excluding hydrogens is 218 g/mol. The molecule has 0 aromatic rings. The van der Waals surface area contributed by atoms with Crippen LogP contribution in [-0.4, -0.2) is 37.7 Å². The number of ether oxygens (including phenoxy) is 1. The van der Waals surface area contributed by atoms with E-state index in [4.69, 9.17) is 4.74 Å². The Kier molecular flexibility index (Phi) is 3.66. The molecule has 1 aliphatic heterocycles. The van der Waals surface area contributed by atoms with E-state index in [0.29, 0.717) is 25.0 Å². The molecule has 1 aliphatic carbocycles. The van der Waals surface area contributed by atoms with Crippen molar-refractivity contribution in [2.75, 3.05) is 20.3 Å². The molecule has 0 bridgehead atoms. The van der Waals surface area contributed by atoms with Crippen LogP contribution in [0.25, 0.3) is 0 Å². The second-order valence-electron chi connectivity index (χ2n) is 4.80. The molecule has 1 unspecified atom stereocenters.